The highest BCUT2D eigenvalue weighted by Gasteiger charge is 2.11. The summed E-state index contributed by atoms with van der Waals surface area (Å²) in [6.45, 7) is 4.42. The molecule has 0 unspecified atom stereocenters. The molecule has 0 aromatic heterocycles. The molecule has 0 radical (unpaired) electrons. The van der Waals surface area contributed by atoms with Crippen LogP contribution in [0.3, 0.4) is 0 Å². The first-order chi connectivity index (χ1) is 9.25. The first-order valence-corrected chi connectivity index (χ1v) is 7.77. The zero-order valence-electron chi connectivity index (χ0n) is 12.5. The minimum absolute atomic E-state index is 0.790. The van der Waals surface area contributed by atoms with E-state index in [2.05, 4.69) is 48.5 Å². The van der Waals surface area contributed by atoms with Gasteiger partial charge >= 0.3 is 0 Å². The molecule has 0 heterocycles. The minimum atomic E-state index is 0.790. The highest BCUT2D eigenvalue weighted by Crippen LogP contribution is 2.17. The first kappa shape index (κ1) is 14.4. The van der Waals surface area contributed by atoms with Crippen molar-refractivity contribution in [2.24, 2.45) is 0 Å². The molecule has 0 amide bonds. The average Bonchev–Trinajstić information content (AvgIpc) is 2.45. The maximum atomic E-state index is 3.71. The van der Waals surface area contributed by atoms with Gasteiger partial charge in [-0.2, -0.15) is 0 Å². The average molecular weight is 260 g/mol. The standard InChI is InChI=1S/C17H28N2/c1-15-9-11-17(12-10-15)19(2)14-6-13-18-16-7-4-3-5-8-16/h9-12,16,18H,3-8,13-14H2,1-2H3. The summed E-state index contributed by atoms with van der Waals surface area (Å²) in [4.78, 5) is 2.35. The maximum absolute atomic E-state index is 3.71. The molecular formula is C17H28N2. The molecule has 0 spiro atoms. The fraction of sp³-hybridized carbons (Fsp3) is 0.647. The molecule has 1 aliphatic rings. The van der Waals surface area contributed by atoms with Crippen LogP contribution in [0, 0.1) is 6.92 Å². The molecule has 1 aromatic carbocycles. The van der Waals surface area contributed by atoms with Crippen molar-refractivity contribution >= 4 is 5.69 Å². The molecule has 2 nitrogen and oxygen atoms in total. The van der Waals surface area contributed by atoms with Gasteiger partial charge in [-0.3, -0.25) is 0 Å². The van der Waals surface area contributed by atoms with Crippen molar-refractivity contribution in [1.82, 2.24) is 5.32 Å². The number of benzene rings is 1. The molecule has 1 fully saturated rings. The highest BCUT2D eigenvalue weighted by molar-refractivity contribution is 5.46. The van der Waals surface area contributed by atoms with Crippen molar-refractivity contribution in [3.8, 4) is 0 Å². The molecule has 1 saturated carbocycles. The Morgan fingerprint density at radius 2 is 1.79 bits per heavy atom. The van der Waals surface area contributed by atoms with E-state index in [9.17, 15) is 0 Å². The third-order valence-corrected chi connectivity index (χ3v) is 4.18. The van der Waals surface area contributed by atoms with Crippen LogP contribution >= 0.6 is 0 Å². The molecule has 106 valence electrons. The van der Waals surface area contributed by atoms with E-state index in [-0.39, 0.29) is 0 Å². The van der Waals surface area contributed by atoms with Gasteiger partial charge in [-0.05, 0) is 44.9 Å². The van der Waals surface area contributed by atoms with E-state index >= 15 is 0 Å². The number of hydrogen-bond acceptors (Lipinski definition) is 2. The van der Waals surface area contributed by atoms with Crippen LogP contribution < -0.4 is 10.2 Å². The molecule has 0 bridgehead atoms. The summed E-state index contributed by atoms with van der Waals surface area (Å²) < 4.78 is 0. The topological polar surface area (TPSA) is 15.3 Å². The van der Waals surface area contributed by atoms with Crippen LogP contribution in [0.4, 0.5) is 5.69 Å². The normalized spacial score (nSPS) is 16.5. The lowest BCUT2D eigenvalue weighted by Gasteiger charge is -2.24. The van der Waals surface area contributed by atoms with Crippen molar-refractivity contribution in [3.05, 3.63) is 29.8 Å². The highest BCUT2D eigenvalue weighted by atomic mass is 15.1. The second-order valence-corrected chi connectivity index (χ2v) is 5.90. The van der Waals surface area contributed by atoms with E-state index in [1.54, 1.807) is 0 Å². The number of nitrogens with zero attached hydrogens (tertiary/aromatic N) is 1. The zero-order valence-corrected chi connectivity index (χ0v) is 12.5. The third kappa shape index (κ3) is 4.87. The van der Waals surface area contributed by atoms with Gasteiger partial charge in [-0.25, -0.2) is 0 Å². The number of anilines is 1. The fourth-order valence-corrected chi connectivity index (χ4v) is 2.86. The second-order valence-electron chi connectivity index (χ2n) is 5.90. The first-order valence-electron chi connectivity index (χ1n) is 7.77. The van der Waals surface area contributed by atoms with Crippen molar-refractivity contribution in [1.29, 1.82) is 0 Å². The van der Waals surface area contributed by atoms with Crippen LogP contribution in [0.5, 0.6) is 0 Å². The molecule has 2 rings (SSSR count). The summed E-state index contributed by atoms with van der Waals surface area (Å²) in [6, 6.07) is 9.59. The quantitative estimate of drug-likeness (QED) is 0.784. The number of aryl methyl sites for hydroxylation is 1. The van der Waals surface area contributed by atoms with Crippen molar-refractivity contribution in [2.45, 2.75) is 51.5 Å². The van der Waals surface area contributed by atoms with Gasteiger partial charge in [0, 0.05) is 25.3 Å². The lowest BCUT2D eigenvalue weighted by molar-refractivity contribution is 0.373. The Morgan fingerprint density at radius 3 is 2.47 bits per heavy atom. The largest absolute Gasteiger partial charge is 0.375 e. The van der Waals surface area contributed by atoms with Gasteiger partial charge in [-0.1, -0.05) is 37.0 Å². The minimum Gasteiger partial charge on any atom is -0.375 e. The van der Waals surface area contributed by atoms with Crippen LogP contribution in [-0.2, 0) is 0 Å². The molecular weight excluding hydrogens is 232 g/mol. The number of hydrogen-bond donors (Lipinski definition) is 1. The summed E-state index contributed by atoms with van der Waals surface area (Å²) in [6.07, 6.45) is 8.26. The van der Waals surface area contributed by atoms with Crippen LogP contribution in [-0.4, -0.2) is 26.2 Å². The Hall–Kier alpha value is -1.02. The second kappa shape index (κ2) is 7.54. The summed E-state index contributed by atoms with van der Waals surface area (Å²) in [7, 11) is 2.19. The van der Waals surface area contributed by atoms with Gasteiger partial charge in [0.25, 0.3) is 0 Å². The van der Waals surface area contributed by atoms with Gasteiger partial charge in [0.05, 0.1) is 0 Å². The van der Waals surface area contributed by atoms with Crippen LogP contribution in [0.15, 0.2) is 24.3 Å². The molecule has 19 heavy (non-hydrogen) atoms. The van der Waals surface area contributed by atoms with Gasteiger partial charge in [0.1, 0.15) is 0 Å². The monoisotopic (exact) mass is 260 g/mol. The van der Waals surface area contributed by atoms with Crippen molar-refractivity contribution in [3.63, 3.8) is 0 Å². The van der Waals surface area contributed by atoms with Crippen LogP contribution in [0.1, 0.15) is 44.1 Å². The summed E-state index contributed by atoms with van der Waals surface area (Å²) in [5.74, 6) is 0. The molecule has 1 N–H and O–H groups in total. The van der Waals surface area contributed by atoms with Crippen molar-refractivity contribution < 1.29 is 0 Å². The molecule has 1 aliphatic carbocycles. The Labute approximate surface area is 118 Å². The number of rotatable bonds is 6. The summed E-state index contributed by atoms with van der Waals surface area (Å²) >= 11 is 0. The molecule has 0 aliphatic heterocycles. The zero-order chi connectivity index (χ0) is 13.5. The van der Waals surface area contributed by atoms with Gasteiger partial charge < -0.3 is 10.2 Å². The Morgan fingerprint density at radius 1 is 1.11 bits per heavy atom. The maximum Gasteiger partial charge on any atom is 0.0363 e. The van der Waals surface area contributed by atoms with Crippen molar-refractivity contribution in [2.75, 3.05) is 25.0 Å². The van der Waals surface area contributed by atoms with E-state index in [0.717, 1.165) is 19.1 Å². The van der Waals surface area contributed by atoms with Crippen LogP contribution in [0.2, 0.25) is 0 Å². The van der Waals surface area contributed by atoms with E-state index in [1.165, 1.54) is 49.8 Å². The van der Waals surface area contributed by atoms with E-state index < -0.39 is 0 Å². The summed E-state index contributed by atoms with van der Waals surface area (Å²) in [5, 5.41) is 3.71. The van der Waals surface area contributed by atoms with Gasteiger partial charge in [0.2, 0.25) is 0 Å². The Kier molecular flexibility index (Phi) is 5.71. The lowest BCUT2D eigenvalue weighted by Crippen LogP contribution is -2.33. The number of nitrogens with one attached hydrogen (secondary N) is 1. The van der Waals surface area contributed by atoms with Gasteiger partial charge in [0.15, 0.2) is 0 Å². The predicted octanol–water partition coefficient (Wildman–Crippen LogP) is 3.74. The van der Waals surface area contributed by atoms with Crippen LogP contribution in [0.25, 0.3) is 0 Å². The molecule has 0 saturated heterocycles. The molecule has 1 aromatic rings. The van der Waals surface area contributed by atoms with Gasteiger partial charge in [-0.15, -0.1) is 0 Å². The third-order valence-electron chi connectivity index (χ3n) is 4.18. The van der Waals surface area contributed by atoms with E-state index in [4.69, 9.17) is 0 Å². The molecule has 2 heteroatoms. The molecule has 0 atom stereocenters. The summed E-state index contributed by atoms with van der Waals surface area (Å²) in [5.41, 5.74) is 2.65. The van der Waals surface area contributed by atoms with E-state index in [0.29, 0.717) is 0 Å². The van der Waals surface area contributed by atoms with E-state index in [1.807, 2.05) is 0 Å². The Balaban J connectivity index is 1.63. The SMILES string of the molecule is Cc1ccc(N(C)CCCNC2CCCCC2)cc1. The Bertz CT molecular complexity index is 352. The fourth-order valence-electron chi connectivity index (χ4n) is 2.86. The lowest BCUT2D eigenvalue weighted by atomic mass is 9.95. The smallest absolute Gasteiger partial charge is 0.0363 e. The predicted molar refractivity (Wildman–Crippen MR) is 83.9 cm³/mol.